The van der Waals surface area contributed by atoms with Gasteiger partial charge in [0.2, 0.25) is 0 Å². The molecular formula is C23H23O2. The van der Waals surface area contributed by atoms with Gasteiger partial charge in [-0.05, 0) is 23.6 Å². The van der Waals surface area contributed by atoms with Gasteiger partial charge in [0, 0.05) is 0 Å². The lowest BCUT2D eigenvalue weighted by Crippen LogP contribution is -2.19. The normalized spacial score (nSPS) is 12.2. The summed E-state index contributed by atoms with van der Waals surface area (Å²) in [5.41, 5.74) is 3.32. The lowest BCUT2D eigenvalue weighted by Gasteiger charge is -2.20. The van der Waals surface area contributed by atoms with Crippen LogP contribution in [-0.4, -0.2) is 12.7 Å². The molecule has 0 N–H and O–H groups in total. The largest absolute Gasteiger partial charge is 0.371 e. The summed E-state index contributed by atoms with van der Waals surface area (Å²) in [7, 11) is 0. The van der Waals surface area contributed by atoms with Crippen LogP contribution in [0.2, 0.25) is 0 Å². The molecular weight excluding hydrogens is 308 g/mol. The van der Waals surface area contributed by atoms with E-state index in [1.807, 2.05) is 61.5 Å². The van der Waals surface area contributed by atoms with Crippen molar-refractivity contribution in [2.45, 2.75) is 19.6 Å². The number of hydrogen-bond donors (Lipinski definition) is 0. The molecule has 3 rings (SSSR count). The molecule has 0 bridgehead atoms. The van der Waals surface area contributed by atoms with Gasteiger partial charge in [0.15, 0.2) is 6.10 Å². The van der Waals surface area contributed by atoms with Gasteiger partial charge in [-0.2, -0.15) is 0 Å². The molecule has 2 nitrogen and oxygen atoms in total. The molecule has 0 saturated heterocycles. The maximum atomic E-state index is 6.16. The number of ether oxygens (including phenoxy) is 2. The highest BCUT2D eigenvalue weighted by atomic mass is 16.5. The Kier molecular flexibility index (Phi) is 6.38. The van der Waals surface area contributed by atoms with E-state index in [1.165, 1.54) is 5.56 Å². The monoisotopic (exact) mass is 331 g/mol. The van der Waals surface area contributed by atoms with E-state index in [0.29, 0.717) is 13.2 Å². The highest BCUT2D eigenvalue weighted by molar-refractivity contribution is 5.41. The minimum absolute atomic E-state index is 0.00244. The Morgan fingerprint density at radius 1 is 0.720 bits per heavy atom. The molecule has 0 amide bonds. The lowest BCUT2D eigenvalue weighted by molar-refractivity contribution is -0.00399. The summed E-state index contributed by atoms with van der Waals surface area (Å²) in [5.74, 6) is 0. The van der Waals surface area contributed by atoms with Crippen molar-refractivity contribution in [2.24, 2.45) is 0 Å². The molecule has 0 aromatic heterocycles. The first kappa shape index (κ1) is 17.4. The first-order valence-electron chi connectivity index (χ1n) is 8.59. The molecule has 127 valence electrons. The van der Waals surface area contributed by atoms with Gasteiger partial charge in [-0.25, -0.2) is 0 Å². The van der Waals surface area contributed by atoms with Crippen LogP contribution in [0.25, 0.3) is 0 Å². The summed E-state index contributed by atoms with van der Waals surface area (Å²) >= 11 is 0. The SMILES string of the molecule is C[C@@H](CO[C](c1ccccc1)c1ccccc1)OCc1ccccc1. The Hall–Kier alpha value is -2.42. The van der Waals surface area contributed by atoms with Gasteiger partial charge in [-0.1, -0.05) is 91.0 Å². The van der Waals surface area contributed by atoms with Crippen LogP contribution >= 0.6 is 0 Å². The van der Waals surface area contributed by atoms with Crippen LogP contribution in [0.1, 0.15) is 23.6 Å². The molecule has 0 fully saturated rings. The second-order valence-corrected chi connectivity index (χ2v) is 5.98. The molecule has 0 unspecified atom stereocenters. The maximum Gasteiger partial charge on any atom is 0.155 e. The van der Waals surface area contributed by atoms with Crippen molar-refractivity contribution < 1.29 is 9.47 Å². The second kappa shape index (κ2) is 9.16. The third-order valence-electron chi connectivity index (χ3n) is 3.91. The fourth-order valence-corrected chi connectivity index (χ4v) is 2.57. The first-order valence-corrected chi connectivity index (χ1v) is 8.59. The van der Waals surface area contributed by atoms with Gasteiger partial charge in [0.05, 0.1) is 19.3 Å². The molecule has 3 aromatic rings. The second-order valence-electron chi connectivity index (χ2n) is 5.98. The Labute approximate surface area is 150 Å². The smallest absolute Gasteiger partial charge is 0.155 e. The predicted octanol–water partition coefficient (Wildman–Crippen LogP) is 5.24. The van der Waals surface area contributed by atoms with Gasteiger partial charge in [0.25, 0.3) is 0 Å². The van der Waals surface area contributed by atoms with Gasteiger partial charge < -0.3 is 9.47 Å². The van der Waals surface area contributed by atoms with Crippen LogP contribution in [0.4, 0.5) is 0 Å². The van der Waals surface area contributed by atoms with Crippen molar-refractivity contribution in [1.82, 2.24) is 0 Å². The van der Waals surface area contributed by atoms with Crippen LogP contribution in [0, 0.1) is 6.10 Å². The fourth-order valence-electron chi connectivity index (χ4n) is 2.57. The maximum absolute atomic E-state index is 6.16. The van der Waals surface area contributed by atoms with Crippen molar-refractivity contribution in [1.29, 1.82) is 0 Å². The van der Waals surface area contributed by atoms with Gasteiger partial charge >= 0.3 is 0 Å². The van der Waals surface area contributed by atoms with Crippen molar-refractivity contribution >= 4 is 0 Å². The average Bonchev–Trinajstić information content (AvgIpc) is 2.69. The van der Waals surface area contributed by atoms with Crippen LogP contribution < -0.4 is 0 Å². The minimum Gasteiger partial charge on any atom is -0.371 e. The zero-order chi connectivity index (χ0) is 17.3. The summed E-state index contributed by atoms with van der Waals surface area (Å²) < 4.78 is 12.1. The molecule has 0 aliphatic carbocycles. The van der Waals surface area contributed by atoms with E-state index in [0.717, 1.165) is 17.2 Å². The van der Waals surface area contributed by atoms with E-state index in [1.54, 1.807) is 0 Å². The molecule has 0 aliphatic rings. The van der Waals surface area contributed by atoms with Gasteiger partial charge in [-0.15, -0.1) is 0 Å². The van der Waals surface area contributed by atoms with E-state index < -0.39 is 0 Å². The summed E-state index contributed by atoms with van der Waals surface area (Å²) in [6.45, 7) is 3.14. The van der Waals surface area contributed by atoms with Crippen molar-refractivity contribution in [3.8, 4) is 0 Å². The third-order valence-corrected chi connectivity index (χ3v) is 3.91. The van der Waals surface area contributed by atoms with E-state index >= 15 is 0 Å². The Balaban J connectivity index is 1.61. The number of rotatable bonds is 8. The average molecular weight is 331 g/mol. The van der Waals surface area contributed by atoms with E-state index in [9.17, 15) is 0 Å². The molecule has 1 radical (unpaired) electrons. The molecule has 0 aliphatic heterocycles. The predicted molar refractivity (Wildman–Crippen MR) is 101 cm³/mol. The fraction of sp³-hybridized carbons (Fsp3) is 0.174. The van der Waals surface area contributed by atoms with Gasteiger partial charge in [0.1, 0.15) is 0 Å². The van der Waals surface area contributed by atoms with Crippen molar-refractivity contribution in [2.75, 3.05) is 6.61 Å². The lowest BCUT2D eigenvalue weighted by atomic mass is 10.0. The quantitative estimate of drug-likeness (QED) is 0.562. The van der Waals surface area contributed by atoms with Crippen LogP contribution in [-0.2, 0) is 16.1 Å². The Morgan fingerprint density at radius 3 is 1.72 bits per heavy atom. The van der Waals surface area contributed by atoms with E-state index in [2.05, 4.69) is 36.4 Å². The Morgan fingerprint density at radius 2 is 1.20 bits per heavy atom. The number of hydrogen-bond acceptors (Lipinski definition) is 2. The molecule has 25 heavy (non-hydrogen) atoms. The highest BCUT2D eigenvalue weighted by Crippen LogP contribution is 2.25. The van der Waals surface area contributed by atoms with Crippen molar-refractivity contribution in [3.63, 3.8) is 0 Å². The molecule has 0 saturated carbocycles. The number of benzene rings is 3. The van der Waals surface area contributed by atoms with E-state index in [-0.39, 0.29) is 6.10 Å². The van der Waals surface area contributed by atoms with Crippen LogP contribution in [0.3, 0.4) is 0 Å². The first-order chi connectivity index (χ1) is 12.3. The molecule has 0 heterocycles. The molecule has 3 aromatic carbocycles. The summed E-state index contributed by atoms with van der Waals surface area (Å²) in [4.78, 5) is 0. The standard InChI is InChI=1S/C23H23O2/c1-19(24-18-20-11-5-2-6-12-20)17-25-23(21-13-7-3-8-14-21)22-15-9-4-10-16-22/h2-16,19H,17-18H2,1H3/t19-/m0/s1. The van der Waals surface area contributed by atoms with Crippen LogP contribution in [0.5, 0.6) is 0 Å². The summed E-state index contributed by atoms with van der Waals surface area (Å²) in [6, 6.07) is 30.6. The zero-order valence-electron chi connectivity index (χ0n) is 14.5. The molecule has 0 spiro atoms. The summed E-state index contributed by atoms with van der Waals surface area (Å²) in [5, 5.41) is 0. The highest BCUT2D eigenvalue weighted by Gasteiger charge is 2.17. The van der Waals surface area contributed by atoms with Crippen molar-refractivity contribution in [3.05, 3.63) is 114 Å². The summed E-state index contributed by atoms with van der Waals surface area (Å²) in [6.07, 6.45) is 0.888. The molecule has 1 atom stereocenters. The Bertz CT molecular complexity index is 686. The van der Waals surface area contributed by atoms with Crippen LogP contribution in [0.15, 0.2) is 91.0 Å². The van der Waals surface area contributed by atoms with Gasteiger partial charge in [-0.3, -0.25) is 0 Å². The zero-order valence-corrected chi connectivity index (χ0v) is 14.5. The molecule has 2 heteroatoms. The van der Waals surface area contributed by atoms with E-state index in [4.69, 9.17) is 9.47 Å². The third kappa shape index (κ3) is 5.28. The minimum atomic E-state index is 0.00244. The topological polar surface area (TPSA) is 18.5 Å².